The molecule has 1 aliphatic heterocycles. The first-order chi connectivity index (χ1) is 11.9. The Balaban J connectivity index is 1.41. The van der Waals surface area contributed by atoms with E-state index in [2.05, 4.69) is 93.4 Å². The van der Waals surface area contributed by atoms with Crippen molar-refractivity contribution in [2.45, 2.75) is 6.54 Å². The summed E-state index contributed by atoms with van der Waals surface area (Å²) in [5, 5.41) is 0. The first-order valence-electron chi connectivity index (χ1n) is 8.64. The molecule has 0 aliphatic carbocycles. The van der Waals surface area contributed by atoms with E-state index < -0.39 is 0 Å². The number of anilines is 1. The molecule has 3 nitrogen and oxygen atoms in total. The molecule has 4 rings (SSSR count). The Bertz CT molecular complexity index is 756. The third-order valence-corrected chi connectivity index (χ3v) is 4.75. The van der Waals surface area contributed by atoms with Gasteiger partial charge in [-0.1, -0.05) is 36.4 Å². The maximum atomic E-state index is 2.55. The Kier molecular flexibility index (Phi) is 4.34. The topological polar surface area (TPSA) is 11.4 Å². The number of para-hydroxylation sites is 2. The van der Waals surface area contributed by atoms with Crippen LogP contribution in [0.15, 0.2) is 79.0 Å². The Morgan fingerprint density at radius 2 is 1.25 bits per heavy atom. The van der Waals surface area contributed by atoms with Crippen LogP contribution in [0.1, 0.15) is 5.69 Å². The van der Waals surface area contributed by atoms with Gasteiger partial charge in [-0.25, -0.2) is 0 Å². The van der Waals surface area contributed by atoms with Gasteiger partial charge in [0.2, 0.25) is 0 Å². The van der Waals surface area contributed by atoms with Crippen molar-refractivity contribution in [1.29, 1.82) is 0 Å². The van der Waals surface area contributed by atoms with E-state index in [9.17, 15) is 0 Å². The Morgan fingerprint density at radius 1 is 0.625 bits per heavy atom. The summed E-state index contributed by atoms with van der Waals surface area (Å²) in [7, 11) is 0. The quantitative estimate of drug-likeness (QED) is 0.725. The average Bonchev–Trinajstić information content (AvgIpc) is 3.12. The predicted molar refractivity (Wildman–Crippen MR) is 99.7 cm³/mol. The Labute approximate surface area is 143 Å². The lowest BCUT2D eigenvalue weighted by Gasteiger charge is -2.36. The van der Waals surface area contributed by atoms with Gasteiger partial charge in [0.1, 0.15) is 0 Å². The van der Waals surface area contributed by atoms with Crippen molar-refractivity contribution in [2.24, 2.45) is 0 Å². The third kappa shape index (κ3) is 3.22. The average molecular weight is 317 g/mol. The van der Waals surface area contributed by atoms with Gasteiger partial charge in [-0.15, -0.1) is 0 Å². The number of rotatable bonds is 4. The molecule has 1 aliphatic rings. The van der Waals surface area contributed by atoms with E-state index in [1.54, 1.807) is 0 Å². The van der Waals surface area contributed by atoms with Crippen LogP contribution in [0.25, 0.3) is 5.69 Å². The highest BCUT2D eigenvalue weighted by Crippen LogP contribution is 2.18. The van der Waals surface area contributed by atoms with E-state index in [-0.39, 0.29) is 0 Å². The lowest BCUT2D eigenvalue weighted by Crippen LogP contribution is -2.46. The normalized spacial score (nSPS) is 15.6. The molecular weight excluding hydrogens is 294 g/mol. The Morgan fingerprint density at radius 3 is 1.92 bits per heavy atom. The van der Waals surface area contributed by atoms with Gasteiger partial charge in [0.25, 0.3) is 0 Å². The molecule has 0 atom stereocenters. The van der Waals surface area contributed by atoms with Crippen LogP contribution in [0.4, 0.5) is 5.69 Å². The van der Waals surface area contributed by atoms with Crippen LogP contribution < -0.4 is 4.90 Å². The Hall–Kier alpha value is -2.52. The van der Waals surface area contributed by atoms with Crippen LogP contribution in [-0.4, -0.2) is 35.6 Å². The summed E-state index contributed by atoms with van der Waals surface area (Å²) < 4.78 is 2.30. The van der Waals surface area contributed by atoms with Gasteiger partial charge in [0, 0.05) is 56.0 Å². The second-order valence-corrected chi connectivity index (χ2v) is 6.30. The van der Waals surface area contributed by atoms with Gasteiger partial charge >= 0.3 is 0 Å². The summed E-state index contributed by atoms with van der Waals surface area (Å²) in [5.41, 5.74) is 3.93. The molecule has 0 bridgehead atoms. The van der Waals surface area contributed by atoms with Crippen molar-refractivity contribution in [3.63, 3.8) is 0 Å². The summed E-state index contributed by atoms with van der Waals surface area (Å²) in [6.45, 7) is 5.40. The summed E-state index contributed by atoms with van der Waals surface area (Å²) in [5.74, 6) is 0. The molecule has 24 heavy (non-hydrogen) atoms. The first-order valence-corrected chi connectivity index (χ1v) is 8.64. The van der Waals surface area contributed by atoms with Gasteiger partial charge in [-0.05, 0) is 36.4 Å². The van der Waals surface area contributed by atoms with Crippen LogP contribution in [0, 0.1) is 0 Å². The number of aromatic nitrogens is 1. The standard InChI is InChI=1S/C21H23N3/c1-3-8-19(9-4-1)23-16-14-22(15-17-23)18-21-12-7-13-24(21)20-10-5-2-6-11-20/h1-13H,14-18H2. The number of benzene rings is 2. The van der Waals surface area contributed by atoms with Crippen LogP contribution in [-0.2, 0) is 6.54 Å². The molecule has 2 aromatic carbocycles. The zero-order valence-electron chi connectivity index (χ0n) is 13.9. The van der Waals surface area contributed by atoms with Crippen molar-refractivity contribution >= 4 is 5.69 Å². The van der Waals surface area contributed by atoms with Crippen molar-refractivity contribution in [3.05, 3.63) is 84.7 Å². The molecular formula is C21H23N3. The molecule has 2 heterocycles. The second kappa shape index (κ2) is 6.93. The van der Waals surface area contributed by atoms with Crippen LogP contribution >= 0.6 is 0 Å². The van der Waals surface area contributed by atoms with E-state index >= 15 is 0 Å². The van der Waals surface area contributed by atoms with Crippen LogP contribution in [0.3, 0.4) is 0 Å². The van der Waals surface area contributed by atoms with Gasteiger partial charge in [-0.2, -0.15) is 0 Å². The number of hydrogen-bond acceptors (Lipinski definition) is 2. The molecule has 0 N–H and O–H groups in total. The zero-order chi connectivity index (χ0) is 16.2. The molecule has 0 radical (unpaired) electrons. The number of nitrogens with zero attached hydrogens (tertiary/aromatic N) is 3. The molecule has 0 amide bonds. The molecule has 0 saturated carbocycles. The van der Waals surface area contributed by atoms with Crippen molar-refractivity contribution < 1.29 is 0 Å². The minimum absolute atomic E-state index is 1.00. The van der Waals surface area contributed by atoms with Crippen LogP contribution in [0.5, 0.6) is 0 Å². The van der Waals surface area contributed by atoms with E-state index in [1.807, 2.05) is 0 Å². The summed E-state index contributed by atoms with van der Waals surface area (Å²) in [6, 6.07) is 25.7. The smallest absolute Gasteiger partial charge is 0.0452 e. The molecule has 1 aromatic heterocycles. The van der Waals surface area contributed by atoms with Gasteiger partial charge in [-0.3, -0.25) is 4.90 Å². The molecule has 3 heteroatoms. The third-order valence-electron chi connectivity index (χ3n) is 4.75. The fourth-order valence-electron chi connectivity index (χ4n) is 3.42. The van der Waals surface area contributed by atoms with E-state index in [1.165, 1.54) is 17.1 Å². The van der Waals surface area contributed by atoms with E-state index in [4.69, 9.17) is 0 Å². The highest BCUT2D eigenvalue weighted by Gasteiger charge is 2.18. The predicted octanol–water partition coefficient (Wildman–Crippen LogP) is 3.80. The SMILES string of the molecule is c1ccc(N2CCN(Cc3cccn3-c3ccccc3)CC2)cc1. The monoisotopic (exact) mass is 317 g/mol. The van der Waals surface area contributed by atoms with Crippen molar-refractivity contribution in [1.82, 2.24) is 9.47 Å². The largest absolute Gasteiger partial charge is 0.369 e. The lowest BCUT2D eigenvalue weighted by molar-refractivity contribution is 0.246. The van der Waals surface area contributed by atoms with Crippen molar-refractivity contribution in [2.75, 3.05) is 31.1 Å². The van der Waals surface area contributed by atoms with Gasteiger partial charge < -0.3 is 9.47 Å². The minimum atomic E-state index is 1.00. The molecule has 1 fully saturated rings. The minimum Gasteiger partial charge on any atom is -0.369 e. The van der Waals surface area contributed by atoms with Crippen molar-refractivity contribution in [3.8, 4) is 5.69 Å². The summed E-state index contributed by atoms with van der Waals surface area (Å²) in [4.78, 5) is 5.03. The van der Waals surface area contributed by atoms with E-state index in [0.717, 1.165) is 32.7 Å². The van der Waals surface area contributed by atoms with E-state index in [0.29, 0.717) is 0 Å². The maximum Gasteiger partial charge on any atom is 0.0452 e. The molecule has 0 spiro atoms. The summed E-state index contributed by atoms with van der Waals surface area (Å²) in [6.07, 6.45) is 2.16. The number of piperazine rings is 1. The van der Waals surface area contributed by atoms with Gasteiger partial charge in [0.15, 0.2) is 0 Å². The van der Waals surface area contributed by atoms with Crippen LogP contribution in [0.2, 0.25) is 0 Å². The molecule has 3 aromatic rings. The zero-order valence-corrected chi connectivity index (χ0v) is 13.9. The molecule has 1 saturated heterocycles. The molecule has 122 valence electrons. The molecule has 0 unspecified atom stereocenters. The maximum absolute atomic E-state index is 2.55. The van der Waals surface area contributed by atoms with Gasteiger partial charge in [0.05, 0.1) is 0 Å². The first kappa shape index (κ1) is 15.0. The summed E-state index contributed by atoms with van der Waals surface area (Å²) >= 11 is 0. The fourth-order valence-corrected chi connectivity index (χ4v) is 3.42. The highest BCUT2D eigenvalue weighted by molar-refractivity contribution is 5.46. The lowest BCUT2D eigenvalue weighted by atomic mass is 10.2. The highest BCUT2D eigenvalue weighted by atomic mass is 15.3. The number of hydrogen-bond donors (Lipinski definition) is 0. The second-order valence-electron chi connectivity index (χ2n) is 6.30. The fraction of sp³-hybridized carbons (Fsp3) is 0.238.